The number of halogens is 2. The molecule has 1 heterocycles. The summed E-state index contributed by atoms with van der Waals surface area (Å²) in [4.78, 5) is 24.5. The number of carbonyl (C=O) groups excluding carboxylic acids is 2. The van der Waals surface area contributed by atoms with Crippen molar-refractivity contribution in [3.05, 3.63) is 59.1 Å². The van der Waals surface area contributed by atoms with Crippen molar-refractivity contribution in [2.45, 2.75) is 18.5 Å². The molecule has 2 N–H and O–H groups in total. The summed E-state index contributed by atoms with van der Waals surface area (Å²) in [5.74, 6) is 0.132. The van der Waals surface area contributed by atoms with Gasteiger partial charge >= 0.3 is 0 Å². The van der Waals surface area contributed by atoms with Crippen molar-refractivity contribution in [2.24, 2.45) is 7.05 Å². The first-order chi connectivity index (χ1) is 15.4. The van der Waals surface area contributed by atoms with Crippen LogP contribution in [0.5, 0.6) is 5.75 Å². The van der Waals surface area contributed by atoms with E-state index >= 15 is 0 Å². The number of rotatable bonds is 9. The Morgan fingerprint density at radius 1 is 1.09 bits per heavy atom. The Labute approximate surface area is 193 Å². The minimum absolute atomic E-state index is 0.0253. The van der Waals surface area contributed by atoms with Crippen LogP contribution in [0.1, 0.15) is 12.7 Å². The maximum absolute atomic E-state index is 13.2. The van der Waals surface area contributed by atoms with Gasteiger partial charge in [0.25, 0.3) is 0 Å². The summed E-state index contributed by atoms with van der Waals surface area (Å²) in [5, 5.41) is 13.9. The van der Waals surface area contributed by atoms with Gasteiger partial charge in [0.2, 0.25) is 11.8 Å². The number of hydrogen-bond donors (Lipinski definition) is 2. The standard InChI is InChI=1S/C21H21ClFN5O3S/c1-3-31-15-7-4-13(5-8-15)24-19(29)11-18-26-27-21(28(18)2)32-12-20(30)25-14-6-9-17(23)16(22)10-14/h4-10H,3,11-12H2,1-2H3,(H,24,29)(H,25,30). The SMILES string of the molecule is CCOc1ccc(NC(=O)Cc2nnc(SCC(=O)Nc3ccc(F)c(Cl)c3)n2C)cc1. The normalized spacial score (nSPS) is 10.6. The van der Waals surface area contributed by atoms with E-state index in [0.29, 0.717) is 29.0 Å². The number of nitrogens with zero attached hydrogens (tertiary/aromatic N) is 3. The second-order valence-electron chi connectivity index (χ2n) is 6.61. The third kappa shape index (κ3) is 6.44. The molecule has 0 fully saturated rings. The van der Waals surface area contributed by atoms with Gasteiger partial charge in [-0.2, -0.15) is 0 Å². The third-order valence-corrected chi connectivity index (χ3v) is 5.54. The monoisotopic (exact) mass is 477 g/mol. The summed E-state index contributed by atoms with van der Waals surface area (Å²) in [6.45, 7) is 2.47. The van der Waals surface area contributed by atoms with Gasteiger partial charge in [0.15, 0.2) is 5.16 Å². The van der Waals surface area contributed by atoms with E-state index in [1.807, 2.05) is 6.92 Å². The molecular formula is C21H21ClFN5O3S. The van der Waals surface area contributed by atoms with Gasteiger partial charge in [-0.05, 0) is 49.4 Å². The van der Waals surface area contributed by atoms with Crippen LogP contribution in [0.25, 0.3) is 0 Å². The number of hydrogen-bond acceptors (Lipinski definition) is 6. The summed E-state index contributed by atoms with van der Waals surface area (Å²) in [5.41, 5.74) is 1.04. The van der Waals surface area contributed by atoms with Crippen molar-refractivity contribution in [3.8, 4) is 5.75 Å². The zero-order chi connectivity index (χ0) is 23.1. The first kappa shape index (κ1) is 23.6. The average molecular weight is 478 g/mol. The topological polar surface area (TPSA) is 98.1 Å². The smallest absolute Gasteiger partial charge is 0.234 e. The lowest BCUT2D eigenvalue weighted by molar-refractivity contribution is -0.116. The second kappa shape index (κ2) is 11.0. The van der Waals surface area contributed by atoms with Crippen LogP contribution in [-0.2, 0) is 23.1 Å². The minimum atomic E-state index is -0.558. The largest absolute Gasteiger partial charge is 0.494 e. The molecule has 8 nitrogen and oxygen atoms in total. The minimum Gasteiger partial charge on any atom is -0.494 e. The molecule has 0 atom stereocenters. The highest BCUT2D eigenvalue weighted by Crippen LogP contribution is 2.21. The maximum Gasteiger partial charge on any atom is 0.234 e. The molecule has 32 heavy (non-hydrogen) atoms. The van der Waals surface area contributed by atoms with Gasteiger partial charge in [0.05, 0.1) is 23.8 Å². The molecule has 2 aromatic carbocycles. The number of amides is 2. The highest BCUT2D eigenvalue weighted by atomic mass is 35.5. The van der Waals surface area contributed by atoms with Crippen molar-refractivity contribution >= 4 is 46.6 Å². The molecule has 0 spiro atoms. The summed E-state index contributed by atoms with van der Waals surface area (Å²) in [7, 11) is 1.72. The van der Waals surface area contributed by atoms with E-state index in [0.717, 1.165) is 17.5 Å². The lowest BCUT2D eigenvalue weighted by Crippen LogP contribution is -2.17. The van der Waals surface area contributed by atoms with E-state index < -0.39 is 5.82 Å². The average Bonchev–Trinajstić information content (AvgIpc) is 3.10. The van der Waals surface area contributed by atoms with Gasteiger partial charge in [-0.3, -0.25) is 9.59 Å². The Morgan fingerprint density at radius 3 is 2.47 bits per heavy atom. The van der Waals surface area contributed by atoms with Crippen LogP contribution in [0.2, 0.25) is 5.02 Å². The van der Waals surface area contributed by atoms with E-state index in [9.17, 15) is 14.0 Å². The molecule has 0 saturated heterocycles. The van der Waals surface area contributed by atoms with Crippen molar-refractivity contribution in [3.63, 3.8) is 0 Å². The number of nitrogens with one attached hydrogen (secondary N) is 2. The molecule has 3 aromatic rings. The van der Waals surface area contributed by atoms with E-state index in [1.165, 1.54) is 18.2 Å². The van der Waals surface area contributed by atoms with Crippen molar-refractivity contribution < 1.29 is 18.7 Å². The molecule has 0 saturated carbocycles. The predicted octanol–water partition coefficient (Wildman–Crippen LogP) is 3.92. The predicted molar refractivity (Wildman–Crippen MR) is 122 cm³/mol. The highest BCUT2D eigenvalue weighted by molar-refractivity contribution is 7.99. The summed E-state index contributed by atoms with van der Waals surface area (Å²) >= 11 is 6.88. The number of carbonyl (C=O) groups is 2. The quantitative estimate of drug-likeness (QED) is 0.453. The molecule has 1 aromatic heterocycles. The van der Waals surface area contributed by atoms with Gasteiger partial charge in [-0.1, -0.05) is 23.4 Å². The van der Waals surface area contributed by atoms with Gasteiger partial charge in [-0.15, -0.1) is 10.2 Å². The van der Waals surface area contributed by atoms with Crippen LogP contribution in [0.3, 0.4) is 0 Å². The van der Waals surface area contributed by atoms with Crippen molar-refractivity contribution in [2.75, 3.05) is 23.0 Å². The van der Waals surface area contributed by atoms with E-state index in [1.54, 1.807) is 35.9 Å². The Balaban J connectivity index is 1.51. The van der Waals surface area contributed by atoms with Crippen LogP contribution in [0.15, 0.2) is 47.6 Å². The van der Waals surface area contributed by atoms with Crippen LogP contribution in [0, 0.1) is 5.82 Å². The molecule has 0 bridgehead atoms. The molecule has 168 valence electrons. The molecule has 0 aliphatic carbocycles. The summed E-state index contributed by atoms with van der Waals surface area (Å²) in [6, 6.07) is 11.0. The van der Waals surface area contributed by atoms with E-state index in [4.69, 9.17) is 16.3 Å². The maximum atomic E-state index is 13.2. The number of aromatic nitrogens is 3. The lowest BCUT2D eigenvalue weighted by Gasteiger charge is -2.08. The van der Waals surface area contributed by atoms with Crippen LogP contribution < -0.4 is 15.4 Å². The first-order valence-corrected chi connectivity index (χ1v) is 11.0. The fourth-order valence-electron chi connectivity index (χ4n) is 2.68. The first-order valence-electron chi connectivity index (χ1n) is 9.64. The molecule has 0 aliphatic heterocycles. The molecular weight excluding hydrogens is 457 g/mol. The van der Waals surface area contributed by atoms with E-state index in [2.05, 4.69) is 20.8 Å². The second-order valence-corrected chi connectivity index (χ2v) is 7.96. The lowest BCUT2D eigenvalue weighted by atomic mass is 10.3. The fourth-order valence-corrected chi connectivity index (χ4v) is 3.59. The van der Waals surface area contributed by atoms with Crippen molar-refractivity contribution in [1.29, 1.82) is 0 Å². The molecule has 2 amide bonds. The molecule has 0 aliphatic rings. The molecule has 11 heteroatoms. The Morgan fingerprint density at radius 2 is 1.78 bits per heavy atom. The third-order valence-electron chi connectivity index (χ3n) is 4.23. The zero-order valence-electron chi connectivity index (χ0n) is 17.4. The van der Waals surface area contributed by atoms with Gasteiger partial charge < -0.3 is 19.9 Å². The van der Waals surface area contributed by atoms with Crippen LogP contribution >= 0.6 is 23.4 Å². The summed E-state index contributed by atoms with van der Waals surface area (Å²) < 4.78 is 20.2. The molecule has 0 radical (unpaired) electrons. The van der Waals surface area contributed by atoms with Gasteiger partial charge in [-0.25, -0.2) is 4.39 Å². The molecule has 3 rings (SSSR count). The Bertz CT molecular complexity index is 1110. The molecule has 0 unspecified atom stereocenters. The number of anilines is 2. The Hall–Kier alpha value is -3.11. The number of thioether (sulfide) groups is 1. The zero-order valence-corrected chi connectivity index (χ0v) is 19.0. The summed E-state index contributed by atoms with van der Waals surface area (Å²) in [6.07, 6.45) is 0.0253. The van der Waals surface area contributed by atoms with Gasteiger partial charge in [0, 0.05) is 18.4 Å². The van der Waals surface area contributed by atoms with Crippen molar-refractivity contribution in [1.82, 2.24) is 14.8 Å². The number of ether oxygens (including phenoxy) is 1. The van der Waals surface area contributed by atoms with Crippen LogP contribution in [-0.4, -0.2) is 38.9 Å². The van der Waals surface area contributed by atoms with Crippen LogP contribution in [0.4, 0.5) is 15.8 Å². The van der Waals surface area contributed by atoms with Gasteiger partial charge in [0.1, 0.15) is 17.4 Å². The van der Waals surface area contributed by atoms with E-state index in [-0.39, 0.29) is 29.0 Å². The number of benzene rings is 2. The fraction of sp³-hybridized carbons (Fsp3) is 0.238. The highest BCUT2D eigenvalue weighted by Gasteiger charge is 2.15. The Kier molecular flexibility index (Phi) is 8.07.